The van der Waals surface area contributed by atoms with Crippen LogP contribution in [0.25, 0.3) is 0 Å². The Morgan fingerprint density at radius 3 is 2.36 bits per heavy atom. The second kappa shape index (κ2) is 9.61. The zero-order chi connectivity index (χ0) is 20.6. The fourth-order valence-corrected chi connectivity index (χ4v) is 3.05. The van der Waals surface area contributed by atoms with Crippen molar-refractivity contribution in [2.75, 3.05) is 13.2 Å². The molecule has 0 atom stereocenters. The number of carbonyl (C=O) groups excluding carboxylic acids is 1. The molecule has 2 aromatic carbocycles. The number of nitrogens with one attached hydrogen (secondary N) is 1. The Bertz CT molecular complexity index is 871. The minimum Gasteiger partial charge on any atom is -0.445 e. The number of halogens is 2. The molecule has 0 spiro atoms. The number of ether oxygens (including phenoxy) is 1. The van der Waals surface area contributed by atoms with E-state index in [2.05, 4.69) is 4.18 Å². The van der Waals surface area contributed by atoms with E-state index in [0.29, 0.717) is 0 Å². The molecule has 2 rings (SSSR count). The SMILES string of the molecule is Cc1ccc(S(=O)(=O)OCCC(F)(F)CNC(=O)OCc2ccccc2)cc1. The van der Waals surface area contributed by atoms with Crippen molar-refractivity contribution < 1.29 is 30.9 Å². The lowest BCUT2D eigenvalue weighted by Crippen LogP contribution is -2.37. The molecule has 0 saturated heterocycles. The summed E-state index contributed by atoms with van der Waals surface area (Å²) in [7, 11) is -4.12. The number of hydrogen-bond acceptors (Lipinski definition) is 5. The van der Waals surface area contributed by atoms with Gasteiger partial charge < -0.3 is 10.1 Å². The first-order chi connectivity index (χ1) is 13.2. The first-order valence-electron chi connectivity index (χ1n) is 8.46. The van der Waals surface area contributed by atoms with E-state index in [-0.39, 0.29) is 11.5 Å². The third-order valence-electron chi connectivity index (χ3n) is 3.72. The number of benzene rings is 2. The topological polar surface area (TPSA) is 81.7 Å². The molecular formula is C19H21F2NO5S. The molecule has 2 aromatic rings. The third kappa shape index (κ3) is 7.24. The van der Waals surface area contributed by atoms with E-state index >= 15 is 0 Å². The minimum atomic E-state index is -4.12. The Balaban J connectivity index is 1.73. The maximum absolute atomic E-state index is 13.8. The van der Waals surface area contributed by atoms with Gasteiger partial charge in [-0.15, -0.1) is 0 Å². The van der Waals surface area contributed by atoms with E-state index in [1.165, 1.54) is 12.1 Å². The quantitative estimate of drug-likeness (QED) is 0.635. The van der Waals surface area contributed by atoms with Gasteiger partial charge in [0.05, 0.1) is 18.0 Å². The van der Waals surface area contributed by atoms with Crippen LogP contribution in [0.1, 0.15) is 17.5 Å². The van der Waals surface area contributed by atoms with Gasteiger partial charge in [-0.25, -0.2) is 13.6 Å². The predicted molar refractivity (Wildman–Crippen MR) is 98.5 cm³/mol. The molecule has 0 aliphatic rings. The maximum atomic E-state index is 13.8. The van der Waals surface area contributed by atoms with Gasteiger partial charge >= 0.3 is 6.09 Å². The number of aryl methyl sites for hydroxylation is 1. The molecule has 0 aliphatic heterocycles. The summed E-state index contributed by atoms with van der Waals surface area (Å²) in [6.45, 7) is 0.0321. The Labute approximate surface area is 162 Å². The maximum Gasteiger partial charge on any atom is 0.407 e. The molecule has 0 aromatic heterocycles. The van der Waals surface area contributed by atoms with Gasteiger partial charge in [-0.2, -0.15) is 8.42 Å². The van der Waals surface area contributed by atoms with Gasteiger partial charge in [0, 0.05) is 6.42 Å². The van der Waals surface area contributed by atoms with Crippen LogP contribution in [-0.4, -0.2) is 33.6 Å². The van der Waals surface area contributed by atoms with Crippen LogP contribution in [0.2, 0.25) is 0 Å². The van der Waals surface area contributed by atoms with Crippen LogP contribution in [0, 0.1) is 6.92 Å². The Kier molecular flexibility index (Phi) is 7.47. The highest BCUT2D eigenvalue weighted by Gasteiger charge is 2.30. The largest absolute Gasteiger partial charge is 0.445 e. The van der Waals surface area contributed by atoms with Gasteiger partial charge in [-0.1, -0.05) is 48.0 Å². The predicted octanol–water partition coefficient (Wildman–Crippen LogP) is 3.65. The van der Waals surface area contributed by atoms with Crippen LogP contribution in [0.15, 0.2) is 59.5 Å². The van der Waals surface area contributed by atoms with Gasteiger partial charge in [0.25, 0.3) is 16.0 Å². The van der Waals surface area contributed by atoms with Crippen molar-refractivity contribution in [3.05, 3.63) is 65.7 Å². The van der Waals surface area contributed by atoms with Crippen molar-refractivity contribution in [2.24, 2.45) is 0 Å². The smallest absolute Gasteiger partial charge is 0.407 e. The van der Waals surface area contributed by atoms with Crippen molar-refractivity contribution >= 4 is 16.2 Å². The number of alkyl carbamates (subject to hydrolysis) is 1. The zero-order valence-electron chi connectivity index (χ0n) is 15.2. The summed E-state index contributed by atoms with van der Waals surface area (Å²) in [4.78, 5) is 11.4. The molecule has 28 heavy (non-hydrogen) atoms. The Hall–Kier alpha value is -2.52. The van der Waals surface area contributed by atoms with Gasteiger partial charge in [-0.05, 0) is 24.6 Å². The van der Waals surface area contributed by atoms with Crippen molar-refractivity contribution in [3.63, 3.8) is 0 Å². The molecule has 0 saturated carbocycles. The van der Waals surface area contributed by atoms with E-state index in [0.717, 1.165) is 11.1 Å². The lowest BCUT2D eigenvalue weighted by Gasteiger charge is -2.17. The molecule has 1 N–H and O–H groups in total. The number of alkyl halides is 2. The van der Waals surface area contributed by atoms with Gasteiger partial charge in [0.2, 0.25) is 0 Å². The molecule has 0 radical (unpaired) electrons. The molecule has 0 heterocycles. The van der Waals surface area contributed by atoms with Crippen LogP contribution < -0.4 is 5.32 Å². The summed E-state index contributed by atoms with van der Waals surface area (Å²) in [5.41, 5.74) is 1.58. The van der Waals surface area contributed by atoms with E-state index in [1.807, 2.05) is 5.32 Å². The van der Waals surface area contributed by atoms with Crippen molar-refractivity contribution in [2.45, 2.75) is 30.8 Å². The van der Waals surface area contributed by atoms with Gasteiger partial charge in [0.15, 0.2) is 0 Å². The highest BCUT2D eigenvalue weighted by Crippen LogP contribution is 2.20. The van der Waals surface area contributed by atoms with Gasteiger partial charge in [-0.3, -0.25) is 4.18 Å². The molecule has 9 heteroatoms. The second-order valence-corrected chi connectivity index (χ2v) is 7.73. The lowest BCUT2D eigenvalue weighted by molar-refractivity contribution is -0.0166. The number of amides is 1. The first kappa shape index (κ1) is 21.8. The van der Waals surface area contributed by atoms with E-state index in [9.17, 15) is 22.0 Å². The summed E-state index contributed by atoms with van der Waals surface area (Å²) >= 11 is 0. The number of rotatable bonds is 9. The van der Waals surface area contributed by atoms with Crippen LogP contribution in [0.4, 0.5) is 13.6 Å². The average molecular weight is 413 g/mol. The van der Waals surface area contributed by atoms with Crippen LogP contribution in [0.5, 0.6) is 0 Å². The highest BCUT2D eigenvalue weighted by atomic mass is 32.2. The van der Waals surface area contributed by atoms with Crippen molar-refractivity contribution in [1.29, 1.82) is 0 Å². The molecule has 0 bridgehead atoms. The Morgan fingerprint density at radius 1 is 1.07 bits per heavy atom. The Morgan fingerprint density at radius 2 is 1.71 bits per heavy atom. The summed E-state index contributed by atoms with van der Waals surface area (Å²) in [6, 6.07) is 14.6. The fraction of sp³-hybridized carbons (Fsp3) is 0.316. The summed E-state index contributed by atoms with van der Waals surface area (Å²) < 4.78 is 61.1. The summed E-state index contributed by atoms with van der Waals surface area (Å²) in [5.74, 6) is -3.35. The second-order valence-electron chi connectivity index (χ2n) is 6.11. The molecule has 1 amide bonds. The molecule has 0 aliphatic carbocycles. The van der Waals surface area contributed by atoms with Crippen LogP contribution >= 0.6 is 0 Å². The first-order valence-corrected chi connectivity index (χ1v) is 9.87. The lowest BCUT2D eigenvalue weighted by atomic mass is 10.2. The van der Waals surface area contributed by atoms with Crippen LogP contribution in [0.3, 0.4) is 0 Å². The fourth-order valence-electron chi connectivity index (χ4n) is 2.14. The monoisotopic (exact) mass is 413 g/mol. The standard InChI is InChI=1S/C19H21F2NO5S/c1-15-7-9-17(10-8-15)28(24,25)27-12-11-19(20,21)14-22-18(23)26-13-16-5-3-2-4-6-16/h2-10H,11-14H2,1H3,(H,22,23). The summed E-state index contributed by atoms with van der Waals surface area (Å²) in [6.07, 6.45) is -1.87. The normalized spacial score (nSPS) is 11.8. The highest BCUT2D eigenvalue weighted by molar-refractivity contribution is 7.86. The molecule has 6 nitrogen and oxygen atoms in total. The third-order valence-corrected chi connectivity index (χ3v) is 5.05. The molecule has 0 fully saturated rings. The average Bonchev–Trinajstić information content (AvgIpc) is 2.65. The van der Waals surface area contributed by atoms with Crippen molar-refractivity contribution in [3.8, 4) is 0 Å². The van der Waals surface area contributed by atoms with E-state index in [4.69, 9.17) is 4.74 Å². The zero-order valence-corrected chi connectivity index (χ0v) is 16.0. The minimum absolute atomic E-state index is 0.0455. The molecule has 152 valence electrons. The van der Waals surface area contributed by atoms with E-state index < -0.39 is 41.7 Å². The van der Waals surface area contributed by atoms with E-state index in [1.54, 1.807) is 49.4 Å². The van der Waals surface area contributed by atoms with Crippen LogP contribution in [-0.2, 0) is 25.6 Å². The van der Waals surface area contributed by atoms with Crippen molar-refractivity contribution in [1.82, 2.24) is 5.32 Å². The number of carbonyl (C=O) groups is 1. The molecule has 0 unspecified atom stereocenters. The summed E-state index contributed by atoms with van der Waals surface area (Å²) in [5, 5.41) is 1.96. The van der Waals surface area contributed by atoms with Gasteiger partial charge in [0.1, 0.15) is 6.61 Å². The molecular weight excluding hydrogens is 392 g/mol. The number of hydrogen-bond donors (Lipinski definition) is 1.